The first-order chi connectivity index (χ1) is 7.81. The van der Waals surface area contributed by atoms with Gasteiger partial charge in [-0.15, -0.1) is 12.3 Å². The van der Waals surface area contributed by atoms with Crippen molar-refractivity contribution in [3.05, 3.63) is 12.2 Å². The second-order valence-corrected chi connectivity index (χ2v) is 10.4. The molecule has 0 aromatic rings. The maximum atomic E-state index is 5.99. The molecule has 0 aliphatic rings. The molecule has 0 bridgehead atoms. The maximum absolute atomic E-state index is 5.99. The van der Waals surface area contributed by atoms with Gasteiger partial charge in [-0.2, -0.15) is 0 Å². The van der Waals surface area contributed by atoms with Crippen LogP contribution < -0.4 is 0 Å². The van der Waals surface area contributed by atoms with Crippen molar-refractivity contribution in [2.45, 2.75) is 45.3 Å². The average Bonchev–Trinajstić information content (AvgIpc) is 2.20. The van der Waals surface area contributed by atoms with E-state index < -0.39 is 8.32 Å². The third-order valence-electron chi connectivity index (χ3n) is 3.12. The number of rotatable bonds is 7. The zero-order chi connectivity index (χ0) is 13.4. The van der Waals surface area contributed by atoms with Crippen LogP contribution in [-0.2, 0) is 9.16 Å². The summed E-state index contributed by atoms with van der Waals surface area (Å²) in [5.41, 5.74) is 0. The van der Waals surface area contributed by atoms with Crippen LogP contribution >= 0.6 is 0 Å². The molecule has 0 aromatic heterocycles. The number of hydrogen-bond acceptors (Lipinski definition) is 2. The minimum atomic E-state index is -1.60. The van der Waals surface area contributed by atoms with Crippen molar-refractivity contribution >= 4 is 8.32 Å². The molecule has 2 nitrogen and oxygen atoms in total. The lowest BCUT2D eigenvalue weighted by Crippen LogP contribution is -2.40. The van der Waals surface area contributed by atoms with Gasteiger partial charge in [0.2, 0.25) is 0 Å². The van der Waals surface area contributed by atoms with E-state index in [1.807, 2.05) is 12.2 Å². The van der Waals surface area contributed by atoms with Gasteiger partial charge in [0, 0.05) is 6.42 Å². The lowest BCUT2D eigenvalue weighted by atomic mass is 10.2. The second-order valence-electron chi connectivity index (χ2n) is 5.57. The van der Waals surface area contributed by atoms with Gasteiger partial charge in [-0.1, -0.05) is 32.9 Å². The Balaban J connectivity index is 3.70. The highest BCUT2D eigenvalue weighted by Gasteiger charge is 2.36. The topological polar surface area (TPSA) is 18.5 Å². The lowest BCUT2D eigenvalue weighted by molar-refractivity contribution is 0.168. The van der Waals surface area contributed by atoms with E-state index in [4.69, 9.17) is 15.6 Å². The summed E-state index contributed by atoms with van der Waals surface area (Å²) < 4.78 is 11.3. The summed E-state index contributed by atoms with van der Waals surface area (Å²) in [5.74, 6) is 2.54. The van der Waals surface area contributed by atoms with Crippen molar-refractivity contribution in [2.24, 2.45) is 0 Å². The SMILES string of the molecule is C#CCCOCC=CCO[Si](C)(C)C(C)(C)C. The summed E-state index contributed by atoms with van der Waals surface area (Å²) >= 11 is 0. The predicted octanol–water partition coefficient (Wildman–Crippen LogP) is 3.60. The molecule has 0 spiro atoms. The van der Waals surface area contributed by atoms with Crippen molar-refractivity contribution in [1.82, 2.24) is 0 Å². The minimum absolute atomic E-state index is 0.268. The Labute approximate surface area is 108 Å². The lowest BCUT2D eigenvalue weighted by Gasteiger charge is -2.35. The van der Waals surface area contributed by atoms with E-state index in [0.29, 0.717) is 26.2 Å². The summed E-state index contributed by atoms with van der Waals surface area (Å²) in [5, 5.41) is 0.268. The fraction of sp³-hybridized carbons (Fsp3) is 0.714. The number of ether oxygens (including phenoxy) is 1. The van der Waals surface area contributed by atoms with Gasteiger partial charge >= 0.3 is 0 Å². The van der Waals surface area contributed by atoms with Crippen LogP contribution in [0.1, 0.15) is 27.2 Å². The Bertz CT molecular complexity index is 269. The molecule has 0 N–H and O–H groups in total. The van der Waals surface area contributed by atoms with Gasteiger partial charge in [0.1, 0.15) is 0 Å². The average molecular weight is 254 g/mol. The van der Waals surface area contributed by atoms with Crippen LogP contribution in [0.5, 0.6) is 0 Å². The smallest absolute Gasteiger partial charge is 0.192 e. The zero-order valence-corrected chi connectivity index (χ0v) is 12.9. The van der Waals surface area contributed by atoms with E-state index in [1.165, 1.54) is 0 Å². The van der Waals surface area contributed by atoms with E-state index in [2.05, 4.69) is 39.8 Å². The highest BCUT2D eigenvalue weighted by molar-refractivity contribution is 6.74. The third kappa shape index (κ3) is 7.38. The monoisotopic (exact) mass is 254 g/mol. The number of hydrogen-bond donors (Lipinski definition) is 0. The maximum Gasteiger partial charge on any atom is 0.192 e. The Morgan fingerprint density at radius 1 is 1.18 bits per heavy atom. The molecule has 98 valence electrons. The molecular weight excluding hydrogens is 228 g/mol. The molecular formula is C14H26O2Si. The van der Waals surface area contributed by atoms with Crippen LogP contribution in [0.15, 0.2) is 12.2 Å². The van der Waals surface area contributed by atoms with Gasteiger partial charge in [-0.25, -0.2) is 0 Å². The Morgan fingerprint density at radius 2 is 1.76 bits per heavy atom. The summed E-state index contributed by atoms with van der Waals surface area (Å²) in [7, 11) is -1.60. The predicted molar refractivity (Wildman–Crippen MR) is 76.6 cm³/mol. The molecule has 3 heteroatoms. The fourth-order valence-electron chi connectivity index (χ4n) is 0.892. The molecule has 0 heterocycles. The van der Waals surface area contributed by atoms with E-state index in [0.717, 1.165) is 0 Å². The van der Waals surface area contributed by atoms with E-state index in [-0.39, 0.29) is 5.04 Å². The Morgan fingerprint density at radius 3 is 2.29 bits per heavy atom. The van der Waals surface area contributed by atoms with Gasteiger partial charge in [0.15, 0.2) is 8.32 Å². The summed E-state index contributed by atoms with van der Waals surface area (Å²) in [6.07, 6.45) is 9.80. The first-order valence-corrected chi connectivity index (χ1v) is 9.02. The van der Waals surface area contributed by atoms with Crippen LogP contribution in [0.25, 0.3) is 0 Å². The molecule has 0 saturated heterocycles. The Hall–Kier alpha value is -0.563. The third-order valence-corrected chi connectivity index (χ3v) is 7.62. The van der Waals surface area contributed by atoms with Crippen LogP contribution in [0, 0.1) is 12.3 Å². The molecule has 0 unspecified atom stereocenters. The minimum Gasteiger partial charge on any atom is -0.413 e. The molecule has 0 amide bonds. The van der Waals surface area contributed by atoms with Crippen molar-refractivity contribution in [3.63, 3.8) is 0 Å². The van der Waals surface area contributed by atoms with E-state index >= 15 is 0 Å². The van der Waals surface area contributed by atoms with Gasteiger partial charge in [-0.3, -0.25) is 0 Å². The van der Waals surface area contributed by atoms with Gasteiger partial charge < -0.3 is 9.16 Å². The normalized spacial score (nSPS) is 12.9. The van der Waals surface area contributed by atoms with Gasteiger partial charge in [-0.05, 0) is 18.1 Å². The van der Waals surface area contributed by atoms with Crippen molar-refractivity contribution in [3.8, 4) is 12.3 Å². The summed E-state index contributed by atoms with van der Waals surface area (Å²) in [6.45, 7) is 13.2. The molecule has 0 aliphatic heterocycles. The number of terminal acetylenes is 1. The fourth-order valence-corrected chi connectivity index (χ4v) is 1.84. The van der Waals surface area contributed by atoms with Gasteiger partial charge in [0.05, 0.1) is 19.8 Å². The molecule has 0 aromatic carbocycles. The highest BCUT2D eigenvalue weighted by atomic mass is 28.4. The second kappa shape index (κ2) is 7.70. The summed E-state index contributed by atoms with van der Waals surface area (Å²) in [6, 6.07) is 0. The first-order valence-electron chi connectivity index (χ1n) is 6.11. The molecule has 0 rings (SSSR count). The largest absolute Gasteiger partial charge is 0.413 e. The van der Waals surface area contributed by atoms with Crippen LogP contribution in [0.2, 0.25) is 18.1 Å². The van der Waals surface area contributed by atoms with Crippen LogP contribution in [0.4, 0.5) is 0 Å². The molecule has 0 radical (unpaired) electrons. The molecule has 0 atom stereocenters. The molecule has 0 saturated carbocycles. The Kier molecular flexibility index (Phi) is 7.45. The first kappa shape index (κ1) is 16.4. The quantitative estimate of drug-likeness (QED) is 0.299. The zero-order valence-electron chi connectivity index (χ0n) is 11.9. The summed E-state index contributed by atoms with van der Waals surface area (Å²) in [4.78, 5) is 0. The molecule has 0 fully saturated rings. The van der Waals surface area contributed by atoms with E-state index in [9.17, 15) is 0 Å². The van der Waals surface area contributed by atoms with Crippen molar-refractivity contribution < 1.29 is 9.16 Å². The van der Waals surface area contributed by atoms with E-state index in [1.54, 1.807) is 0 Å². The van der Waals surface area contributed by atoms with Gasteiger partial charge in [0.25, 0.3) is 0 Å². The van der Waals surface area contributed by atoms with Crippen molar-refractivity contribution in [2.75, 3.05) is 19.8 Å². The van der Waals surface area contributed by atoms with Crippen LogP contribution in [-0.4, -0.2) is 28.1 Å². The molecule has 17 heavy (non-hydrogen) atoms. The highest BCUT2D eigenvalue weighted by Crippen LogP contribution is 2.36. The van der Waals surface area contributed by atoms with Crippen LogP contribution in [0.3, 0.4) is 0 Å². The van der Waals surface area contributed by atoms with Crippen molar-refractivity contribution in [1.29, 1.82) is 0 Å². The standard InChI is InChI=1S/C14H26O2Si/c1-7-8-11-15-12-9-10-13-16-17(5,6)14(2,3)4/h1,9-10H,8,11-13H2,2-6H3. The molecule has 0 aliphatic carbocycles.